The smallest absolute Gasteiger partial charge is 0.326 e. The van der Waals surface area contributed by atoms with Crippen LogP contribution >= 0.6 is 0 Å². The van der Waals surface area contributed by atoms with Crippen molar-refractivity contribution in [3.05, 3.63) is 42.5 Å². The van der Waals surface area contributed by atoms with Gasteiger partial charge in [0.1, 0.15) is 11.7 Å². The first-order valence-corrected chi connectivity index (χ1v) is 8.15. The number of aromatic nitrogens is 3. The summed E-state index contributed by atoms with van der Waals surface area (Å²) < 4.78 is 1.64. The molecule has 2 aromatic rings. The number of fused-ring (bicyclic) bond motifs is 1. The van der Waals surface area contributed by atoms with E-state index in [-0.39, 0.29) is 17.5 Å². The fraction of sp³-hybridized carbons (Fsp3) is 0.412. The summed E-state index contributed by atoms with van der Waals surface area (Å²) in [6.07, 6.45) is 7.92. The largest absolute Gasteiger partial charge is 0.480 e. The number of carbonyl (C=O) groups is 2. The third kappa shape index (κ3) is 2.36. The Kier molecular flexibility index (Phi) is 3.55. The molecule has 0 spiro atoms. The maximum absolute atomic E-state index is 12.9. The van der Waals surface area contributed by atoms with Gasteiger partial charge in [-0.15, -0.1) is 0 Å². The van der Waals surface area contributed by atoms with Gasteiger partial charge in [-0.2, -0.15) is 5.10 Å². The van der Waals surface area contributed by atoms with Gasteiger partial charge in [-0.1, -0.05) is 6.42 Å². The van der Waals surface area contributed by atoms with Crippen LogP contribution in [-0.4, -0.2) is 49.2 Å². The highest BCUT2D eigenvalue weighted by Crippen LogP contribution is 2.42. The number of carboxylic acid groups (broad SMARTS) is 1. The lowest BCUT2D eigenvalue weighted by molar-refractivity contribution is -0.142. The summed E-state index contributed by atoms with van der Waals surface area (Å²) in [6, 6.07) is 4.48. The number of aliphatic carboxylic acids is 1. The lowest BCUT2D eigenvalue weighted by Gasteiger charge is -2.24. The van der Waals surface area contributed by atoms with Crippen molar-refractivity contribution < 1.29 is 14.7 Å². The van der Waals surface area contributed by atoms with Crippen molar-refractivity contribution in [1.29, 1.82) is 0 Å². The summed E-state index contributed by atoms with van der Waals surface area (Å²) in [7, 11) is 0. The van der Waals surface area contributed by atoms with Gasteiger partial charge < -0.3 is 10.0 Å². The van der Waals surface area contributed by atoms with Crippen LogP contribution in [0.3, 0.4) is 0 Å². The highest BCUT2D eigenvalue weighted by atomic mass is 16.4. The van der Waals surface area contributed by atoms with E-state index in [0.717, 1.165) is 24.9 Å². The van der Waals surface area contributed by atoms with Crippen LogP contribution in [0.15, 0.2) is 36.8 Å². The summed E-state index contributed by atoms with van der Waals surface area (Å²) in [5, 5.41) is 13.7. The number of hydrogen-bond donors (Lipinski definition) is 1. The van der Waals surface area contributed by atoms with Crippen LogP contribution in [0, 0.1) is 11.8 Å². The summed E-state index contributed by atoms with van der Waals surface area (Å²) in [5.74, 6) is -0.864. The average Bonchev–Trinajstić information content (AvgIpc) is 3.30. The highest BCUT2D eigenvalue weighted by Gasteiger charge is 2.49. The lowest BCUT2D eigenvalue weighted by Crippen LogP contribution is -2.43. The second-order valence-electron chi connectivity index (χ2n) is 6.45. The SMILES string of the molecule is O=C(O)[C@@H]1[C@@H]2CCC[C@@H]2CN1C(=O)c1cc(-n2cccn2)ccn1. The molecular weight excluding hydrogens is 308 g/mol. The predicted molar refractivity (Wildman–Crippen MR) is 84.7 cm³/mol. The van der Waals surface area contributed by atoms with Crippen LogP contribution in [0.1, 0.15) is 29.8 Å². The standard InChI is InChI=1S/C17H18N4O3/c22-16(14-9-12(5-7-18-14)21-8-2-6-19-21)20-10-11-3-1-4-13(11)15(20)17(23)24/h2,5-9,11,13,15H,1,3-4,10H2,(H,23,24)/t11-,13-,15+/m1/s1. The first-order valence-electron chi connectivity index (χ1n) is 8.15. The maximum atomic E-state index is 12.9. The Morgan fingerprint density at radius 2 is 2.12 bits per heavy atom. The van der Waals surface area contributed by atoms with Gasteiger partial charge in [0.15, 0.2) is 0 Å². The molecule has 124 valence electrons. The number of likely N-dealkylation sites (tertiary alicyclic amines) is 1. The number of pyridine rings is 1. The minimum Gasteiger partial charge on any atom is -0.480 e. The Labute approximate surface area is 138 Å². The van der Waals surface area contributed by atoms with Crippen molar-refractivity contribution in [3.63, 3.8) is 0 Å². The molecular formula is C17H18N4O3. The van der Waals surface area contributed by atoms with E-state index in [0.29, 0.717) is 12.5 Å². The quantitative estimate of drug-likeness (QED) is 0.925. The van der Waals surface area contributed by atoms with E-state index in [1.807, 2.05) is 0 Å². The number of rotatable bonds is 3. The number of hydrogen-bond acceptors (Lipinski definition) is 4. The van der Waals surface area contributed by atoms with Crippen LogP contribution in [-0.2, 0) is 4.79 Å². The van der Waals surface area contributed by atoms with Crippen molar-refractivity contribution in [2.24, 2.45) is 11.8 Å². The van der Waals surface area contributed by atoms with E-state index in [4.69, 9.17) is 0 Å². The number of nitrogens with zero attached hydrogens (tertiary/aromatic N) is 4. The van der Waals surface area contributed by atoms with Crippen LogP contribution in [0.25, 0.3) is 5.69 Å². The van der Waals surface area contributed by atoms with E-state index in [1.165, 1.54) is 4.90 Å². The molecule has 7 nitrogen and oxygen atoms in total. The summed E-state index contributed by atoms with van der Waals surface area (Å²) in [6.45, 7) is 0.508. The van der Waals surface area contributed by atoms with Gasteiger partial charge in [-0.3, -0.25) is 9.78 Å². The number of carboxylic acids is 1. The molecule has 1 aliphatic carbocycles. The zero-order valence-electron chi connectivity index (χ0n) is 13.1. The Morgan fingerprint density at radius 1 is 1.25 bits per heavy atom. The number of carbonyl (C=O) groups excluding carboxylic acids is 1. The third-order valence-electron chi connectivity index (χ3n) is 5.14. The van der Waals surface area contributed by atoms with Crippen LogP contribution in [0.5, 0.6) is 0 Å². The van der Waals surface area contributed by atoms with Crippen molar-refractivity contribution in [2.45, 2.75) is 25.3 Å². The Bertz CT molecular complexity index is 774. The molecule has 0 bridgehead atoms. The molecule has 2 fully saturated rings. The third-order valence-corrected chi connectivity index (χ3v) is 5.14. The van der Waals surface area contributed by atoms with Gasteiger partial charge in [0.05, 0.1) is 5.69 Å². The highest BCUT2D eigenvalue weighted by molar-refractivity contribution is 5.96. The van der Waals surface area contributed by atoms with Gasteiger partial charge in [0.2, 0.25) is 0 Å². The molecule has 0 unspecified atom stereocenters. The second-order valence-corrected chi connectivity index (χ2v) is 6.45. The maximum Gasteiger partial charge on any atom is 0.326 e. The van der Waals surface area contributed by atoms with Crippen molar-refractivity contribution in [1.82, 2.24) is 19.7 Å². The van der Waals surface area contributed by atoms with E-state index in [2.05, 4.69) is 10.1 Å². The summed E-state index contributed by atoms with van der Waals surface area (Å²) >= 11 is 0. The second kappa shape index (κ2) is 5.74. The van der Waals surface area contributed by atoms with Gasteiger partial charge in [0.25, 0.3) is 5.91 Å². The van der Waals surface area contributed by atoms with E-state index < -0.39 is 12.0 Å². The summed E-state index contributed by atoms with van der Waals surface area (Å²) in [4.78, 5) is 30.2. The Hall–Kier alpha value is -2.70. The molecule has 1 amide bonds. The van der Waals surface area contributed by atoms with Crippen LogP contribution in [0.4, 0.5) is 0 Å². The van der Waals surface area contributed by atoms with Crippen molar-refractivity contribution in [2.75, 3.05) is 6.54 Å². The normalized spacial score (nSPS) is 25.7. The van der Waals surface area contributed by atoms with Gasteiger partial charge in [0, 0.05) is 25.1 Å². The minimum absolute atomic E-state index is 0.0701. The molecule has 3 atom stereocenters. The van der Waals surface area contributed by atoms with Gasteiger partial charge >= 0.3 is 5.97 Å². The minimum atomic E-state index is -0.916. The molecule has 2 aromatic heterocycles. The van der Waals surface area contributed by atoms with E-state index in [1.54, 1.807) is 41.5 Å². The summed E-state index contributed by atoms with van der Waals surface area (Å²) in [5.41, 5.74) is 0.985. The molecule has 0 aromatic carbocycles. The average molecular weight is 326 g/mol. The lowest BCUT2D eigenvalue weighted by atomic mass is 9.94. The van der Waals surface area contributed by atoms with Crippen molar-refractivity contribution >= 4 is 11.9 Å². The predicted octanol–water partition coefficient (Wildman–Crippen LogP) is 1.59. The van der Waals surface area contributed by atoms with Gasteiger partial charge in [-0.25, -0.2) is 9.48 Å². The molecule has 7 heteroatoms. The molecule has 24 heavy (non-hydrogen) atoms. The zero-order chi connectivity index (χ0) is 16.7. The molecule has 3 heterocycles. The Balaban J connectivity index is 1.64. The van der Waals surface area contributed by atoms with Gasteiger partial charge in [-0.05, 0) is 42.9 Å². The molecule has 1 N–H and O–H groups in total. The zero-order valence-corrected chi connectivity index (χ0v) is 13.1. The number of amides is 1. The Morgan fingerprint density at radius 3 is 2.88 bits per heavy atom. The molecule has 1 saturated heterocycles. The van der Waals surface area contributed by atoms with Crippen molar-refractivity contribution in [3.8, 4) is 5.69 Å². The van der Waals surface area contributed by atoms with Crippen LogP contribution < -0.4 is 0 Å². The first kappa shape index (κ1) is 14.9. The fourth-order valence-electron chi connectivity index (χ4n) is 4.08. The molecule has 1 aliphatic heterocycles. The first-order chi connectivity index (χ1) is 11.6. The molecule has 4 rings (SSSR count). The fourth-order valence-corrected chi connectivity index (χ4v) is 4.08. The van der Waals surface area contributed by atoms with E-state index in [9.17, 15) is 14.7 Å². The molecule has 2 aliphatic rings. The van der Waals surface area contributed by atoms with E-state index >= 15 is 0 Å². The monoisotopic (exact) mass is 326 g/mol. The molecule has 1 saturated carbocycles. The van der Waals surface area contributed by atoms with Crippen LogP contribution in [0.2, 0.25) is 0 Å². The molecule has 0 radical (unpaired) electrons. The topological polar surface area (TPSA) is 88.3 Å².